The Balaban J connectivity index is 1.58. The average Bonchev–Trinajstić information content (AvgIpc) is 2.60. The minimum absolute atomic E-state index is 0.0942. The molecular weight excluding hydrogens is 342 g/mol. The van der Waals surface area contributed by atoms with Crippen molar-refractivity contribution in [3.05, 3.63) is 29.8 Å². The Hall–Kier alpha value is -0.870. The Morgan fingerprint density at radius 2 is 1.54 bits per heavy atom. The van der Waals surface area contributed by atoms with E-state index in [0.717, 1.165) is 37.0 Å². The molecule has 1 N–H and O–H groups in total. The van der Waals surface area contributed by atoms with Gasteiger partial charge in [-0.2, -0.15) is 0 Å². The van der Waals surface area contributed by atoms with Crippen molar-refractivity contribution in [1.82, 2.24) is 4.72 Å². The Bertz CT molecular complexity index is 703. The van der Waals surface area contributed by atoms with E-state index in [0.29, 0.717) is 4.90 Å². The summed E-state index contributed by atoms with van der Waals surface area (Å²) in [6.07, 6.45) is 10.8. The molecule has 1 aromatic rings. The summed E-state index contributed by atoms with van der Waals surface area (Å²) in [6.45, 7) is 4.27. The molecule has 4 aliphatic carbocycles. The summed E-state index contributed by atoms with van der Waals surface area (Å²) in [4.78, 5) is 0.417. The molecule has 0 spiro atoms. The van der Waals surface area contributed by atoms with Gasteiger partial charge in [0, 0.05) is 6.04 Å². The van der Waals surface area contributed by atoms with E-state index in [1.54, 1.807) is 12.1 Å². The van der Waals surface area contributed by atoms with Crippen LogP contribution in [0.2, 0.25) is 0 Å². The van der Waals surface area contributed by atoms with Crippen LogP contribution in [0.25, 0.3) is 0 Å². The van der Waals surface area contributed by atoms with Crippen molar-refractivity contribution < 1.29 is 8.42 Å². The predicted octanol–water partition coefficient (Wildman–Crippen LogP) is 4.91. The highest BCUT2D eigenvalue weighted by molar-refractivity contribution is 7.89. The van der Waals surface area contributed by atoms with Crippen molar-refractivity contribution >= 4 is 10.0 Å². The van der Waals surface area contributed by atoms with Crippen molar-refractivity contribution in [2.45, 2.75) is 82.6 Å². The SMILES string of the molecule is CCCC(NS(=O)(=O)c1ccc(CC)cc1)C12CC3CC(CC(C3)C1)C2. The van der Waals surface area contributed by atoms with Crippen LogP contribution in [0.1, 0.15) is 70.8 Å². The fraction of sp³-hybridized carbons (Fsp3) is 0.727. The second-order valence-corrected chi connectivity index (χ2v) is 11.0. The Morgan fingerprint density at radius 3 is 2.00 bits per heavy atom. The van der Waals surface area contributed by atoms with Gasteiger partial charge in [-0.15, -0.1) is 0 Å². The largest absolute Gasteiger partial charge is 0.240 e. The lowest BCUT2D eigenvalue weighted by Crippen LogP contribution is -2.56. The van der Waals surface area contributed by atoms with Gasteiger partial charge in [0.2, 0.25) is 10.0 Å². The molecule has 4 fully saturated rings. The molecule has 1 atom stereocenters. The zero-order chi connectivity index (χ0) is 18.4. The second kappa shape index (κ2) is 6.94. The summed E-state index contributed by atoms with van der Waals surface area (Å²) >= 11 is 0. The van der Waals surface area contributed by atoms with Crippen LogP contribution in [0.4, 0.5) is 0 Å². The van der Waals surface area contributed by atoms with Crippen LogP contribution in [0.5, 0.6) is 0 Å². The van der Waals surface area contributed by atoms with E-state index in [1.165, 1.54) is 44.1 Å². The van der Waals surface area contributed by atoms with Crippen LogP contribution in [0.3, 0.4) is 0 Å². The molecule has 1 aromatic carbocycles. The number of aryl methyl sites for hydroxylation is 1. The molecule has 0 aliphatic heterocycles. The minimum Gasteiger partial charge on any atom is -0.208 e. The van der Waals surface area contributed by atoms with E-state index in [4.69, 9.17) is 0 Å². The molecule has 3 nitrogen and oxygen atoms in total. The summed E-state index contributed by atoms with van der Waals surface area (Å²) in [5, 5.41) is 0. The van der Waals surface area contributed by atoms with E-state index in [-0.39, 0.29) is 11.5 Å². The Labute approximate surface area is 159 Å². The van der Waals surface area contributed by atoms with Gasteiger partial charge in [0.1, 0.15) is 0 Å². The van der Waals surface area contributed by atoms with Crippen LogP contribution in [-0.4, -0.2) is 14.5 Å². The first-order chi connectivity index (χ1) is 12.4. The van der Waals surface area contributed by atoms with Crippen molar-refractivity contribution in [1.29, 1.82) is 0 Å². The van der Waals surface area contributed by atoms with Gasteiger partial charge in [0.05, 0.1) is 4.90 Å². The predicted molar refractivity (Wildman–Crippen MR) is 105 cm³/mol. The van der Waals surface area contributed by atoms with Gasteiger partial charge < -0.3 is 0 Å². The van der Waals surface area contributed by atoms with E-state index in [9.17, 15) is 8.42 Å². The molecule has 0 heterocycles. The number of benzene rings is 1. The van der Waals surface area contributed by atoms with E-state index < -0.39 is 10.0 Å². The van der Waals surface area contributed by atoms with Crippen LogP contribution >= 0.6 is 0 Å². The van der Waals surface area contributed by atoms with Crippen molar-refractivity contribution in [2.75, 3.05) is 0 Å². The molecule has 4 heteroatoms. The molecule has 0 aromatic heterocycles. The zero-order valence-corrected chi connectivity index (χ0v) is 17.0. The van der Waals surface area contributed by atoms with Gasteiger partial charge in [-0.1, -0.05) is 32.4 Å². The third kappa shape index (κ3) is 3.35. The lowest BCUT2D eigenvalue weighted by atomic mass is 9.47. The third-order valence-electron chi connectivity index (χ3n) is 7.34. The number of sulfonamides is 1. The standard InChI is InChI=1S/C22H33NO2S/c1-3-5-21(22-13-17-10-18(14-22)12-19(11-17)15-22)23-26(24,25)20-8-6-16(4-2)7-9-20/h6-9,17-19,21,23H,3-5,10-15H2,1-2H3. The molecule has 0 radical (unpaired) electrons. The lowest BCUT2D eigenvalue weighted by Gasteiger charge is -2.59. The van der Waals surface area contributed by atoms with Gasteiger partial charge in [-0.25, -0.2) is 13.1 Å². The van der Waals surface area contributed by atoms with Gasteiger partial charge in [-0.3, -0.25) is 0 Å². The highest BCUT2D eigenvalue weighted by Crippen LogP contribution is 2.61. The molecule has 5 rings (SSSR count). The molecule has 0 saturated heterocycles. The molecule has 1 unspecified atom stereocenters. The summed E-state index contributed by atoms with van der Waals surface area (Å²) in [5.41, 5.74) is 1.39. The van der Waals surface area contributed by atoms with Crippen molar-refractivity contribution in [2.24, 2.45) is 23.2 Å². The fourth-order valence-corrected chi connectivity index (χ4v) is 7.92. The number of nitrogens with one attached hydrogen (secondary N) is 1. The van der Waals surface area contributed by atoms with Crippen LogP contribution in [0, 0.1) is 23.2 Å². The van der Waals surface area contributed by atoms with E-state index in [1.807, 2.05) is 12.1 Å². The number of hydrogen-bond donors (Lipinski definition) is 1. The fourth-order valence-electron chi connectivity index (χ4n) is 6.54. The van der Waals surface area contributed by atoms with E-state index >= 15 is 0 Å². The van der Waals surface area contributed by atoms with Crippen LogP contribution < -0.4 is 4.72 Å². The highest BCUT2D eigenvalue weighted by Gasteiger charge is 2.54. The highest BCUT2D eigenvalue weighted by atomic mass is 32.2. The molecule has 0 amide bonds. The first-order valence-corrected chi connectivity index (χ1v) is 12.0. The molecule has 4 saturated carbocycles. The molecule has 144 valence electrons. The summed E-state index contributed by atoms with van der Waals surface area (Å²) in [6, 6.07) is 7.51. The van der Waals surface area contributed by atoms with Crippen LogP contribution in [0.15, 0.2) is 29.2 Å². The maximum absolute atomic E-state index is 13.1. The number of rotatable bonds is 7. The van der Waals surface area contributed by atoms with Gasteiger partial charge >= 0.3 is 0 Å². The number of hydrogen-bond acceptors (Lipinski definition) is 2. The Morgan fingerprint density at radius 1 is 1.00 bits per heavy atom. The molecule has 26 heavy (non-hydrogen) atoms. The third-order valence-corrected chi connectivity index (χ3v) is 8.83. The first-order valence-electron chi connectivity index (χ1n) is 10.6. The quantitative estimate of drug-likeness (QED) is 0.736. The Kier molecular flexibility index (Phi) is 4.94. The average molecular weight is 376 g/mol. The normalized spacial score (nSPS) is 34.2. The summed E-state index contributed by atoms with van der Waals surface area (Å²) in [5.74, 6) is 2.52. The zero-order valence-electron chi connectivity index (χ0n) is 16.2. The minimum atomic E-state index is -3.45. The van der Waals surface area contributed by atoms with Gasteiger partial charge in [0.15, 0.2) is 0 Å². The second-order valence-electron chi connectivity index (χ2n) is 9.24. The van der Waals surface area contributed by atoms with Crippen LogP contribution in [-0.2, 0) is 16.4 Å². The van der Waals surface area contributed by atoms with Crippen molar-refractivity contribution in [3.63, 3.8) is 0 Å². The summed E-state index contributed by atoms with van der Waals surface area (Å²) in [7, 11) is -3.45. The molecule has 4 aliphatic rings. The van der Waals surface area contributed by atoms with E-state index in [2.05, 4.69) is 18.6 Å². The smallest absolute Gasteiger partial charge is 0.208 e. The monoisotopic (exact) mass is 375 g/mol. The maximum atomic E-state index is 13.1. The topological polar surface area (TPSA) is 46.2 Å². The maximum Gasteiger partial charge on any atom is 0.240 e. The molecular formula is C22H33NO2S. The lowest BCUT2D eigenvalue weighted by molar-refractivity contribution is -0.0712. The van der Waals surface area contributed by atoms with Crippen molar-refractivity contribution in [3.8, 4) is 0 Å². The van der Waals surface area contributed by atoms with Gasteiger partial charge in [-0.05, 0) is 92.2 Å². The molecule has 4 bridgehead atoms. The summed E-state index contributed by atoms with van der Waals surface area (Å²) < 4.78 is 29.4. The van der Waals surface area contributed by atoms with Gasteiger partial charge in [0.25, 0.3) is 0 Å². The first kappa shape index (κ1) is 18.5.